The summed E-state index contributed by atoms with van der Waals surface area (Å²) in [5.74, 6) is 2.32. The highest BCUT2D eigenvalue weighted by atomic mass is 127. The van der Waals surface area contributed by atoms with E-state index in [-0.39, 0.29) is 24.0 Å². The monoisotopic (exact) mass is 423 g/mol. The number of aliphatic imine (C=N–C) groups is 1. The van der Waals surface area contributed by atoms with E-state index in [1.807, 2.05) is 13.8 Å². The first-order valence-corrected chi connectivity index (χ1v) is 8.45. The van der Waals surface area contributed by atoms with E-state index >= 15 is 0 Å². The summed E-state index contributed by atoms with van der Waals surface area (Å²) >= 11 is 0. The highest BCUT2D eigenvalue weighted by Gasteiger charge is 2.53. The predicted molar refractivity (Wildman–Crippen MR) is 98.8 cm³/mol. The fourth-order valence-electron chi connectivity index (χ4n) is 3.92. The number of aliphatic hydroxyl groups is 1. The molecular weight excluding hydrogens is 393 g/mol. The van der Waals surface area contributed by atoms with E-state index in [1.165, 1.54) is 12.8 Å². The SMILES string of the molecule is CCNC(=NCC(C)(O)CC)N1CC2C3CCC(O3)C2C1.I. The number of ether oxygens (including phenoxy) is 1. The van der Waals surface area contributed by atoms with Crippen LogP contribution in [0.15, 0.2) is 4.99 Å². The van der Waals surface area contributed by atoms with Crippen molar-refractivity contribution >= 4 is 29.9 Å². The van der Waals surface area contributed by atoms with Crippen LogP contribution in [0.4, 0.5) is 0 Å². The van der Waals surface area contributed by atoms with Crippen LogP contribution in [0.2, 0.25) is 0 Å². The molecule has 2 bridgehead atoms. The Bertz CT molecular complexity index is 398. The quantitative estimate of drug-likeness (QED) is 0.412. The van der Waals surface area contributed by atoms with Gasteiger partial charge in [-0.05, 0) is 33.1 Å². The second-order valence-electron chi connectivity index (χ2n) is 7.04. The van der Waals surface area contributed by atoms with Crippen molar-refractivity contribution in [1.82, 2.24) is 10.2 Å². The lowest BCUT2D eigenvalue weighted by molar-refractivity contribution is 0.0648. The Labute approximate surface area is 150 Å². The molecule has 5 nitrogen and oxygen atoms in total. The molecule has 3 saturated heterocycles. The van der Waals surface area contributed by atoms with Crippen molar-refractivity contribution in [3.63, 3.8) is 0 Å². The van der Waals surface area contributed by atoms with Crippen molar-refractivity contribution < 1.29 is 9.84 Å². The fraction of sp³-hybridized carbons (Fsp3) is 0.938. The molecule has 6 heteroatoms. The lowest BCUT2D eigenvalue weighted by Gasteiger charge is -2.25. The van der Waals surface area contributed by atoms with E-state index in [9.17, 15) is 5.11 Å². The van der Waals surface area contributed by atoms with Gasteiger partial charge in [0.2, 0.25) is 0 Å². The largest absolute Gasteiger partial charge is 0.388 e. The third-order valence-electron chi connectivity index (χ3n) is 5.42. The number of nitrogens with one attached hydrogen (secondary N) is 1. The van der Waals surface area contributed by atoms with Crippen LogP contribution < -0.4 is 5.32 Å². The highest BCUT2D eigenvalue weighted by molar-refractivity contribution is 14.0. The molecule has 3 fully saturated rings. The molecule has 0 saturated carbocycles. The van der Waals surface area contributed by atoms with Gasteiger partial charge in [-0.1, -0.05) is 6.92 Å². The lowest BCUT2D eigenvalue weighted by Crippen LogP contribution is -2.42. The molecule has 5 unspecified atom stereocenters. The normalized spacial score (nSPS) is 36.0. The third kappa shape index (κ3) is 3.53. The molecule has 128 valence electrons. The topological polar surface area (TPSA) is 57.1 Å². The smallest absolute Gasteiger partial charge is 0.194 e. The van der Waals surface area contributed by atoms with E-state index < -0.39 is 5.60 Å². The first kappa shape index (κ1) is 18.3. The first-order chi connectivity index (χ1) is 10.0. The fourth-order valence-corrected chi connectivity index (χ4v) is 3.92. The molecule has 3 heterocycles. The third-order valence-corrected chi connectivity index (χ3v) is 5.42. The molecule has 0 aromatic heterocycles. The second kappa shape index (κ2) is 7.21. The van der Waals surface area contributed by atoms with Gasteiger partial charge < -0.3 is 20.1 Å². The number of likely N-dealkylation sites (tertiary alicyclic amines) is 1. The minimum Gasteiger partial charge on any atom is -0.388 e. The number of guanidine groups is 1. The van der Waals surface area contributed by atoms with Gasteiger partial charge >= 0.3 is 0 Å². The van der Waals surface area contributed by atoms with Crippen molar-refractivity contribution in [2.24, 2.45) is 16.8 Å². The Morgan fingerprint density at radius 3 is 2.36 bits per heavy atom. The summed E-state index contributed by atoms with van der Waals surface area (Å²) in [6.45, 7) is 9.36. The standard InChI is InChI=1S/C16H29N3O2.HI/c1-4-16(3,20)10-18-15(17-5-2)19-8-11-12(9-19)14-7-6-13(11)21-14;/h11-14,20H,4-10H2,1-3H3,(H,17,18);1H. The number of halogens is 1. The Morgan fingerprint density at radius 2 is 1.86 bits per heavy atom. The molecule has 0 aromatic carbocycles. The maximum Gasteiger partial charge on any atom is 0.194 e. The van der Waals surface area contributed by atoms with Crippen LogP contribution in [0.1, 0.15) is 40.0 Å². The zero-order valence-corrected chi connectivity index (χ0v) is 16.2. The van der Waals surface area contributed by atoms with Crippen molar-refractivity contribution in [3.05, 3.63) is 0 Å². The number of hydrogen-bond donors (Lipinski definition) is 2. The average molecular weight is 423 g/mol. The summed E-state index contributed by atoms with van der Waals surface area (Å²) in [7, 11) is 0. The van der Waals surface area contributed by atoms with Crippen LogP contribution >= 0.6 is 24.0 Å². The van der Waals surface area contributed by atoms with E-state index in [2.05, 4.69) is 22.1 Å². The van der Waals surface area contributed by atoms with Gasteiger partial charge in [0.05, 0.1) is 24.4 Å². The Kier molecular flexibility index (Phi) is 5.99. The van der Waals surface area contributed by atoms with Crippen molar-refractivity contribution in [3.8, 4) is 0 Å². The van der Waals surface area contributed by atoms with Crippen LogP contribution in [0.3, 0.4) is 0 Å². The van der Waals surface area contributed by atoms with Gasteiger partial charge in [0, 0.05) is 31.5 Å². The Hall–Kier alpha value is -0.0800. The highest BCUT2D eigenvalue weighted by Crippen LogP contribution is 2.47. The van der Waals surface area contributed by atoms with Gasteiger partial charge in [-0.2, -0.15) is 0 Å². The molecule has 0 amide bonds. The summed E-state index contributed by atoms with van der Waals surface area (Å²) in [5.41, 5.74) is -0.710. The Balaban J connectivity index is 0.00000176. The molecule has 5 atom stereocenters. The summed E-state index contributed by atoms with van der Waals surface area (Å²) in [6, 6.07) is 0. The van der Waals surface area contributed by atoms with E-state index in [1.54, 1.807) is 0 Å². The maximum absolute atomic E-state index is 10.2. The number of fused-ring (bicyclic) bond motifs is 5. The van der Waals surface area contributed by atoms with Crippen molar-refractivity contribution in [2.45, 2.75) is 57.8 Å². The average Bonchev–Trinajstić information content (AvgIpc) is 3.14. The summed E-state index contributed by atoms with van der Waals surface area (Å²) < 4.78 is 6.03. The van der Waals surface area contributed by atoms with Crippen LogP contribution in [-0.2, 0) is 4.74 Å². The predicted octanol–water partition coefficient (Wildman–Crippen LogP) is 1.84. The molecule has 3 rings (SSSR count). The summed E-state index contributed by atoms with van der Waals surface area (Å²) in [6.07, 6.45) is 4.15. The molecule has 0 radical (unpaired) electrons. The van der Waals surface area contributed by atoms with Crippen LogP contribution in [0.25, 0.3) is 0 Å². The van der Waals surface area contributed by atoms with E-state index in [0.717, 1.165) is 32.0 Å². The van der Waals surface area contributed by atoms with Crippen molar-refractivity contribution in [2.75, 3.05) is 26.2 Å². The minimum absolute atomic E-state index is 0. The van der Waals surface area contributed by atoms with E-state index in [4.69, 9.17) is 4.74 Å². The van der Waals surface area contributed by atoms with Gasteiger partial charge in [-0.25, -0.2) is 0 Å². The molecule has 22 heavy (non-hydrogen) atoms. The van der Waals surface area contributed by atoms with Gasteiger partial charge in [0.25, 0.3) is 0 Å². The molecule has 0 spiro atoms. The minimum atomic E-state index is -0.710. The molecule has 3 aliphatic heterocycles. The second-order valence-corrected chi connectivity index (χ2v) is 7.04. The molecule has 3 aliphatic rings. The molecule has 0 aromatic rings. The number of rotatable bonds is 4. The van der Waals surface area contributed by atoms with Crippen molar-refractivity contribution in [1.29, 1.82) is 0 Å². The Morgan fingerprint density at radius 1 is 1.27 bits per heavy atom. The first-order valence-electron chi connectivity index (χ1n) is 8.45. The number of nitrogens with zero attached hydrogens (tertiary/aromatic N) is 2. The zero-order chi connectivity index (χ0) is 15.0. The van der Waals surface area contributed by atoms with Gasteiger partial charge in [-0.15, -0.1) is 24.0 Å². The summed E-state index contributed by atoms with van der Waals surface area (Å²) in [4.78, 5) is 7.05. The maximum atomic E-state index is 10.2. The molecular formula is C16H30IN3O2. The van der Waals surface area contributed by atoms with Crippen LogP contribution in [-0.4, -0.2) is 60.0 Å². The number of hydrogen-bond acceptors (Lipinski definition) is 3. The lowest BCUT2D eigenvalue weighted by atomic mass is 9.82. The van der Waals surface area contributed by atoms with Gasteiger partial charge in [0.15, 0.2) is 5.96 Å². The zero-order valence-electron chi connectivity index (χ0n) is 13.9. The van der Waals surface area contributed by atoms with Gasteiger partial charge in [-0.3, -0.25) is 4.99 Å². The van der Waals surface area contributed by atoms with Crippen LogP contribution in [0.5, 0.6) is 0 Å². The van der Waals surface area contributed by atoms with Gasteiger partial charge in [0.1, 0.15) is 0 Å². The van der Waals surface area contributed by atoms with E-state index in [0.29, 0.717) is 30.6 Å². The molecule has 0 aliphatic carbocycles. The molecule has 2 N–H and O–H groups in total. The van der Waals surface area contributed by atoms with Crippen LogP contribution in [0, 0.1) is 11.8 Å². The summed E-state index contributed by atoms with van der Waals surface area (Å²) in [5, 5.41) is 13.5.